The number of nitrogens with one attached hydrogen (secondary N) is 2. The third-order valence-corrected chi connectivity index (χ3v) is 4.42. The first-order valence-corrected chi connectivity index (χ1v) is 9.88. The van der Waals surface area contributed by atoms with Gasteiger partial charge in [0, 0.05) is 39.3 Å². The van der Waals surface area contributed by atoms with Gasteiger partial charge in [-0.25, -0.2) is 0 Å². The van der Waals surface area contributed by atoms with Gasteiger partial charge in [-0.1, -0.05) is 42.0 Å². The third kappa shape index (κ3) is 7.06. The van der Waals surface area contributed by atoms with E-state index in [2.05, 4.69) is 59.8 Å². The maximum atomic E-state index is 12.1. The Morgan fingerprint density at radius 1 is 1.00 bits per heavy atom. The van der Waals surface area contributed by atoms with Crippen molar-refractivity contribution in [3.05, 3.63) is 70.8 Å². The van der Waals surface area contributed by atoms with Crippen LogP contribution in [0.15, 0.2) is 53.5 Å². The third-order valence-electron chi connectivity index (χ3n) is 4.42. The molecule has 0 saturated carbocycles. The van der Waals surface area contributed by atoms with E-state index in [0.29, 0.717) is 0 Å². The van der Waals surface area contributed by atoms with Crippen LogP contribution in [-0.4, -0.2) is 50.5 Å². The number of aliphatic imine (C=N–C) groups is 1. The van der Waals surface area contributed by atoms with Crippen molar-refractivity contribution in [1.29, 1.82) is 0 Å². The molecule has 0 saturated heterocycles. The molecule has 5 nitrogen and oxygen atoms in total. The quantitative estimate of drug-likeness (QED) is 0.547. The molecule has 0 fully saturated rings. The highest BCUT2D eigenvalue weighted by Crippen LogP contribution is 2.08. The molecule has 0 radical (unpaired) electrons. The fourth-order valence-corrected chi connectivity index (χ4v) is 2.84. The number of hydrogen-bond acceptors (Lipinski definition) is 2. The number of carbonyl (C=O) groups is 1. The molecular formula is C23H32N4O. The molecule has 0 heterocycles. The summed E-state index contributed by atoms with van der Waals surface area (Å²) < 4.78 is 0. The number of nitrogens with zero attached hydrogens (tertiary/aromatic N) is 2. The van der Waals surface area contributed by atoms with Crippen molar-refractivity contribution in [2.45, 2.75) is 26.7 Å². The Balaban J connectivity index is 1.86. The second-order valence-electron chi connectivity index (χ2n) is 7.07. The summed E-state index contributed by atoms with van der Waals surface area (Å²) in [5.74, 6) is 0.857. The Kier molecular flexibility index (Phi) is 8.53. The summed E-state index contributed by atoms with van der Waals surface area (Å²) in [6.07, 6.45) is 1.75. The molecule has 28 heavy (non-hydrogen) atoms. The number of aryl methyl sites for hydroxylation is 1. The number of carbonyl (C=O) groups excluding carboxylic acids is 1. The van der Waals surface area contributed by atoms with Gasteiger partial charge in [0.15, 0.2) is 5.96 Å². The van der Waals surface area contributed by atoms with Gasteiger partial charge in [0.25, 0.3) is 5.91 Å². The van der Waals surface area contributed by atoms with E-state index in [1.165, 1.54) is 11.1 Å². The normalized spacial score (nSPS) is 11.2. The number of rotatable bonds is 8. The van der Waals surface area contributed by atoms with Gasteiger partial charge < -0.3 is 15.5 Å². The molecule has 2 aromatic rings. The van der Waals surface area contributed by atoms with Crippen LogP contribution >= 0.6 is 0 Å². The predicted octanol–water partition coefficient (Wildman–Crippen LogP) is 3.04. The summed E-state index contributed by atoms with van der Waals surface area (Å²) in [5.41, 5.74) is 4.43. The van der Waals surface area contributed by atoms with E-state index in [0.717, 1.165) is 49.6 Å². The fourth-order valence-electron chi connectivity index (χ4n) is 2.84. The molecule has 0 aromatic heterocycles. The van der Waals surface area contributed by atoms with Gasteiger partial charge in [0.05, 0.1) is 0 Å². The van der Waals surface area contributed by atoms with Crippen molar-refractivity contribution in [3.8, 4) is 0 Å². The van der Waals surface area contributed by atoms with Crippen molar-refractivity contribution in [2.75, 3.05) is 33.7 Å². The SMILES string of the molecule is CCNC(=NCCc1ccc(C)cc1)NCCc1cccc(C(=O)N(C)C)c1. The topological polar surface area (TPSA) is 56.7 Å². The summed E-state index contributed by atoms with van der Waals surface area (Å²) in [6, 6.07) is 16.4. The lowest BCUT2D eigenvalue weighted by Crippen LogP contribution is -2.38. The summed E-state index contributed by atoms with van der Waals surface area (Å²) in [7, 11) is 3.54. The lowest BCUT2D eigenvalue weighted by atomic mass is 10.1. The van der Waals surface area contributed by atoms with Gasteiger partial charge in [0.1, 0.15) is 0 Å². The van der Waals surface area contributed by atoms with Crippen molar-refractivity contribution in [1.82, 2.24) is 15.5 Å². The molecule has 150 valence electrons. The van der Waals surface area contributed by atoms with Gasteiger partial charge in [-0.05, 0) is 49.9 Å². The summed E-state index contributed by atoms with van der Waals surface area (Å²) in [4.78, 5) is 18.4. The van der Waals surface area contributed by atoms with Crippen molar-refractivity contribution in [3.63, 3.8) is 0 Å². The van der Waals surface area contributed by atoms with Gasteiger partial charge in [-0.3, -0.25) is 9.79 Å². The average molecular weight is 381 g/mol. The Hall–Kier alpha value is -2.82. The van der Waals surface area contributed by atoms with Gasteiger partial charge >= 0.3 is 0 Å². The van der Waals surface area contributed by atoms with Crippen LogP contribution in [0.2, 0.25) is 0 Å². The molecule has 0 aliphatic carbocycles. The van der Waals surface area contributed by atoms with Crippen LogP contribution in [0, 0.1) is 6.92 Å². The molecule has 2 aromatic carbocycles. The van der Waals surface area contributed by atoms with Crippen molar-refractivity contribution in [2.24, 2.45) is 4.99 Å². The number of guanidine groups is 1. The summed E-state index contributed by atoms with van der Waals surface area (Å²) in [5, 5.41) is 6.67. The van der Waals surface area contributed by atoms with E-state index in [9.17, 15) is 4.79 Å². The Labute approximate surface area is 168 Å². The van der Waals surface area contributed by atoms with Crippen LogP contribution in [0.3, 0.4) is 0 Å². The minimum atomic E-state index is 0.0285. The monoisotopic (exact) mass is 380 g/mol. The molecule has 0 aliphatic heterocycles. The standard InChI is InChI=1S/C23H32N4O/c1-5-24-23(25-15-13-19-11-9-18(2)10-12-19)26-16-14-20-7-6-8-21(17-20)22(28)27(3)4/h6-12,17H,5,13-16H2,1-4H3,(H2,24,25,26). The highest BCUT2D eigenvalue weighted by Gasteiger charge is 2.08. The Morgan fingerprint density at radius 3 is 2.43 bits per heavy atom. The molecular weight excluding hydrogens is 348 g/mol. The molecule has 2 rings (SSSR count). The molecule has 0 bridgehead atoms. The molecule has 0 aliphatic rings. The van der Waals surface area contributed by atoms with Crippen LogP contribution in [0.1, 0.15) is 34.0 Å². The molecule has 2 N–H and O–H groups in total. The second-order valence-corrected chi connectivity index (χ2v) is 7.07. The average Bonchev–Trinajstić information content (AvgIpc) is 2.69. The van der Waals surface area contributed by atoms with E-state index in [-0.39, 0.29) is 5.91 Å². The lowest BCUT2D eigenvalue weighted by molar-refractivity contribution is 0.0827. The van der Waals surface area contributed by atoms with Gasteiger partial charge in [-0.2, -0.15) is 0 Å². The van der Waals surface area contributed by atoms with Crippen LogP contribution < -0.4 is 10.6 Å². The van der Waals surface area contributed by atoms with E-state index in [4.69, 9.17) is 0 Å². The first kappa shape index (κ1) is 21.5. The molecule has 1 amide bonds. The van der Waals surface area contributed by atoms with E-state index >= 15 is 0 Å². The summed E-state index contributed by atoms with van der Waals surface area (Å²) in [6.45, 7) is 6.49. The largest absolute Gasteiger partial charge is 0.357 e. The molecule has 5 heteroatoms. The molecule has 0 unspecified atom stereocenters. The van der Waals surface area contributed by atoms with Crippen molar-refractivity contribution < 1.29 is 4.79 Å². The van der Waals surface area contributed by atoms with Crippen LogP contribution in [0.5, 0.6) is 0 Å². The summed E-state index contributed by atoms with van der Waals surface area (Å²) >= 11 is 0. The minimum absolute atomic E-state index is 0.0285. The Morgan fingerprint density at radius 2 is 1.75 bits per heavy atom. The molecule has 0 spiro atoms. The highest BCUT2D eigenvalue weighted by molar-refractivity contribution is 5.94. The fraction of sp³-hybridized carbons (Fsp3) is 0.391. The highest BCUT2D eigenvalue weighted by atomic mass is 16.2. The van der Waals surface area contributed by atoms with E-state index in [1.807, 2.05) is 18.2 Å². The minimum Gasteiger partial charge on any atom is -0.357 e. The van der Waals surface area contributed by atoms with Gasteiger partial charge in [0.2, 0.25) is 0 Å². The zero-order valence-electron chi connectivity index (χ0n) is 17.5. The first-order chi connectivity index (χ1) is 13.5. The van der Waals surface area contributed by atoms with E-state index < -0.39 is 0 Å². The lowest BCUT2D eigenvalue weighted by Gasteiger charge is -2.13. The van der Waals surface area contributed by atoms with Gasteiger partial charge in [-0.15, -0.1) is 0 Å². The molecule has 0 atom stereocenters. The van der Waals surface area contributed by atoms with Crippen molar-refractivity contribution >= 4 is 11.9 Å². The van der Waals surface area contributed by atoms with Crippen LogP contribution in [-0.2, 0) is 12.8 Å². The second kappa shape index (κ2) is 11.1. The van der Waals surface area contributed by atoms with Crippen LogP contribution in [0.25, 0.3) is 0 Å². The zero-order chi connectivity index (χ0) is 20.4. The number of hydrogen-bond donors (Lipinski definition) is 2. The first-order valence-electron chi connectivity index (χ1n) is 9.88. The maximum absolute atomic E-state index is 12.1. The predicted molar refractivity (Wildman–Crippen MR) is 117 cm³/mol. The Bertz CT molecular complexity index is 781. The zero-order valence-corrected chi connectivity index (χ0v) is 17.5. The van der Waals surface area contributed by atoms with E-state index in [1.54, 1.807) is 19.0 Å². The smallest absolute Gasteiger partial charge is 0.253 e. The van der Waals surface area contributed by atoms with Crippen LogP contribution in [0.4, 0.5) is 0 Å². The number of amides is 1. The number of benzene rings is 2. The maximum Gasteiger partial charge on any atom is 0.253 e.